The zero-order valence-corrected chi connectivity index (χ0v) is 10.9. The number of likely N-dealkylation sites (N-methyl/N-ethyl adjacent to an activating group) is 2. The van der Waals surface area contributed by atoms with Crippen LogP contribution in [0.25, 0.3) is 0 Å². The summed E-state index contributed by atoms with van der Waals surface area (Å²) in [5.41, 5.74) is 6.46. The molecule has 100 valence electrons. The fourth-order valence-corrected chi connectivity index (χ4v) is 1.53. The van der Waals surface area contributed by atoms with Crippen molar-refractivity contribution in [3.63, 3.8) is 0 Å². The van der Waals surface area contributed by atoms with Gasteiger partial charge in [0.1, 0.15) is 6.04 Å². The summed E-state index contributed by atoms with van der Waals surface area (Å²) in [5, 5.41) is 6.58. The Morgan fingerprint density at radius 2 is 2.28 bits per heavy atom. The number of aryl methyl sites for hydroxylation is 1. The molecule has 1 aromatic rings. The average molecular weight is 253 g/mol. The van der Waals surface area contributed by atoms with E-state index in [1.807, 2.05) is 6.92 Å². The summed E-state index contributed by atoms with van der Waals surface area (Å²) in [6.45, 7) is 2.36. The average Bonchev–Trinajstić information content (AvgIpc) is 2.74. The minimum absolute atomic E-state index is 0.000630. The summed E-state index contributed by atoms with van der Waals surface area (Å²) in [7, 11) is 3.30. The number of nitrogens with two attached hydrogens (primary N) is 1. The van der Waals surface area contributed by atoms with Crippen LogP contribution in [0, 0.1) is 0 Å². The van der Waals surface area contributed by atoms with Crippen molar-refractivity contribution in [2.24, 2.45) is 12.8 Å². The van der Waals surface area contributed by atoms with E-state index in [4.69, 9.17) is 5.73 Å². The first-order chi connectivity index (χ1) is 8.45. The molecular weight excluding hydrogens is 234 g/mol. The van der Waals surface area contributed by atoms with Crippen LogP contribution < -0.4 is 11.1 Å². The zero-order valence-electron chi connectivity index (χ0n) is 10.9. The van der Waals surface area contributed by atoms with Crippen molar-refractivity contribution in [3.05, 3.63) is 18.0 Å². The van der Waals surface area contributed by atoms with Crippen LogP contribution in [0.3, 0.4) is 0 Å². The summed E-state index contributed by atoms with van der Waals surface area (Å²) >= 11 is 0. The third-order valence-electron chi connectivity index (χ3n) is 2.48. The number of carbonyl (C=O) groups excluding carboxylic acids is 2. The molecule has 7 heteroatoms. The number of carbonyl (C=O) groups is 2. The second-order valence-corrected chi connectivity index (χ2v) is 4.07. The highest BCUT2D eigenvalue weighted by molar-refractivity contribution is 5.87. The Morgan fingerprint density at radius 1 is 1.61 bits per heavy atom. The Labute approximate surface area is 106 Å². The number of rotatable bonds is 5. The third kappa shape index (κ3) is 3.56. The fraction of sp³-hybridized carbons (Fsp3) is 0.545. The lowest BCUT2D eigenvalue weighted by atomic mass is 10.1. The Bertz CT molecular complexity index is 429. The number of hydrogen-bond acceptors (Lipinski definition) is 4. The molecule has 0 aliphatic heterocycles. The minimum atomic E-state index is -0.793. The Morgan fingerprint density at radius 3 is 2.78 bits per heavy atom. The van der Waals surface area contributed by atoms with Gasteiger partial charge in [0.25, 0.3) is 0 Å². The highest BCUT2D eigenvalue weighted by Gasteiger charge is 2.22. The molecule has 1 heterocycles. The van der Waals surface area contributed by atoms with Gasteiger partial charge in [0.15, 0.2) is 0 Å². The largest absolute Gasteiger partial charge is 0.355 e. The van der Waals surface area contributed by atoms with Gasteiger partial charge in [-0.2, -0.15) is 5.10 Å². The number of hydrogen-bond donors (Lipinski definition) is 2. The Balaban J connectivity index is 2.60. The molecule has 0 radical (unpaired) electrons. The SMILES string of the molecule is CCNC(=O)CN(C)C(=O)C(N)c1cnn(C)c1. The lowest BCUT2D eigenvalue weighted by molar-refractivity contribution is -0.135. The van der Waals surface area contributed by atoms with Crippen molar-refractivity contribution in [1.82, 2.24) is 20.0 Å². The number of aromatic nitrogens is 2. The van der Waals surface area contributed by atoms with Crippen molar-refractivity contribution < 1.29 is 9.59 Å². The number of amides is 2. The smallest absolute Gasteiger partial charge is 0.244 e. The van der Waals surface area contributed by atoms with E-state index in [1.54, 1.807) is 31.2 Å². The molecule has 2 amide bonds. The fourth-order valence-electron chi connectivity index (χ4n) is 1.53. The molecule has 0 bridgehead atoms. The second kappa shape index (κ2) is 6.15. The van der Waals surface area contributed by atoms with Gasteiger partial charge >= 0.3 is 0 Å². The van der Waals surface area contributed by atoms with E-state index in [9.17, 15) is 9.59 Å². The molecule has 0 aromatic carbocycles. The number of nitrogens with one attached hydrogen (secondary N) is 1. The van der Waals surface area contributed by atoms with Crippen LogP contribution in [0.15, 0.2) is 12.4 Å². The first-order valence-corrected chi connectivity index (χ1v) is 5.71. The summed E-state index contributed by atoms with van der Waals surface area (Å²) in [5.74, 6) is -0.513. The minimum Gasteiger partial charge on any atom is -0.355 e. The van der Waals surface area contributed by atoms with Gasteiger partial charge < -0.3 is 16.0 Å². The van der Waals surface area contributed by atoms with Crippen molar-refractivity contribution >= 4 is 11.8 Å². The van der Waals surface area contributed by atoms with E-state index in [0.717, 1.165) is 0 Å². The third-order valence-corrected chi connectivity index (χ3v) is 2.48. The van der Waals surface area contributed by atoms with Crippen LogP contribution in [0.1, 0.15) is 18.5 Å². The molecule has 0 fully saturated rings. The van der Waals surface area contributed by atoms with Crippen molar-refractivity contribution in [1.29, 1.82) is 0 Å². The van der Waals surface area contributed by atoms with E-state index in [-0.39, 0.29) is 18.4 Å². The first-order valence-electron chi connectivity index (χ1n) is 5.71. The maximum atomic E-state index is 12.0. The first kappa shape index (κ1) is 14.2. The maximum absolute atomic E-state index is 12.0. The van der Waals surface area contributed by atoms with Gasteiger partial charge in [-0.1, -0.05) is 0 Å². The van der Waals surface area contributed by atoms with Gasteiger partial charge in [0.2, 0.25) is 11.8 Å². The van der Waals surface area contributed by atoms with E-state index >= 15 is 0 Å². The molecule has 0 saturated carbocycles. The lowest BCUT2D eigenvalue weighted by Gasteiger charge is -2.20. The van der Waals surface area contributed by atoms with Crippen molar-refractivity contribution in [3.8, 4) is 0 Å². The maximum Gasteiger partial charge on any atom is 0.244 e. The molecule has 0 aliphatic rings. The van der Waals surface area contributed by atoms with Crippen LogP contribution >= 0.6 is 0 Å². The summed E-state index contributed by atoms with van der Waals surface area (Å²) in [6.07, 6.45) is 3.23. The van der Waals surface area contributed by atoms with Crippen molar-refractivity contribution in [2.75, 3.05) is 20.1 Å². The van der Waals surface area contributed by atoms with Crippen LogP contribution in [-0.2, 0) is 16.6 Å². The lowest BCUT2D eigenvalue weighted by Crippen LogP contribution is -2.42. The predicted octanol–water partition coefficient (Wildman–Crippen LogP) is -0.986. The molecule has 0 aliphatic carbocycles. The highest BCUT2D eigenvalue weighted by atomic mass is 16.2. The molecule has 1 rings (SSSR count). The zero-order chi connectivity index (χ0) is 13.7. The van der Waals surface area contributed by atoms with Crippen molar-refractivity contribution in [2.45, 2.75) is 13.0 Å². The van der Waals surface area contributed by atoms with Gasteiger partial charge in [-0.25, -0.2) is 0 Å². The molecule has 18 heavy (non-hydrogen) atoms. The van der Waals surface area contributed by atoms with Crippen LogP contribution in [-0.4, -0.2) is 46.6 Å². The number of nitrogens with zero attached hydrogens (tertiary/aromatic N) is 3. The summed E-state index contributed by atoms with van der Waals surface area (Å²) < 4.78 is 1.58. The van der Waals surface area contributed by atoms with E-state index in [1.165, 1.54) is 4.90 Å². The molecule has 7 nitrogen and oxygen atoms in total. The Kier molecular flexibility index (Phi) is 4.85. The second-order valence-electron chi connectivity index (χ2n) is 4.07. The van der Waals surface area contributed by atoms with Crippen LogP contribution in [0.4, 0.5) is 0 Å². The predicted molar refractivity (Wildman–Crippen MR) is 66.5 cm³/mol. The van der Waals surface area contributed by atoms with Gasteiger partial charge in [-0.05, 0) is 6.92 Å². The van der Waals surface area contributed by atoms with Gasteiger partial charge in [0.05, 0.1) is 12.7 Å². The topological polar surface area (TPSA) is 93.2 Å². The van der Waals surface area contributed by atoms with E-state index < -0.39 is 6.04 Å². The Hall–Kier alpha value is -1.89. The van der Waals surface area contributed by atoms with Crippen LogP contribution in [0.2, 0.25) is 0 Å². The molecule has 1 unspecified atom stereocenters. The molecule has 0 saturated heterocycles. The summed E-state index contributed by atoms with van der Waals surface area (Å²) in [6, 6.07) is -0.793. The molecule has 1 aromatic heterocycles. The van der Waals surface area contributed by atoms with Gasteiger partial charge in [-0.15, -0.1) is 0 Å². The van der Waals surface area contributed by atoms with Gasteiger partial charge in [-0.3, -0.25) is 14.3 Å². The monoisotopic (exact) mass is 253 g/mol. The normalized spacial score (nSPS) is 12.0. The highest BCUT2D eigenvalue weighted by Crippen LogP contribution is 2.10. The van der Waals surface area contributed by atoms with E-state index in [2.05, 4.69) is 10.4 Å². The van der Waals surface area contributed by atoms with Crippen LogP contribution in [0.5, 0.6) is 0 Å². The quantitative estimate of drug-likeness (QED) is 0.705. The molecule has 0 spiro atoms. The standard InChI is InChI=1S/C11H19N5O2/c1-4-13-9(17)7-15(2)11(18)10(12)8-5-14-16(3)6-8/h5-6,10H,4,7,12H2,1-3H3,(H,13,17). The summed E-state index contributed by atoms with van der Waals surface area (Å²) in [4.78, 5) is 24.6. The van der Waals surface area contributed by atoms with Gasteiger partial charge in [0, 0.05) is 32.4 Å². The van der Waals surface area contributed by atoms with E-state index in [0.29, 0.717) is 12.1 Å². The molecule has 3 N–H and O–H groups in total. The molecular formula is C11H19N5O2. The molecule has 1 atom stereocenters.